The van der Waals surface area contributed by atoms with Crippen molar-refractivity contribution in [2.75, 3.05) is 26.9 Å². The first kappa shape index (κ1) is 15.0. The fourth-order valence-corrected chi connectivity index (χ4v) is 3.61. The van der Waals surface area contributed by atoms with Gasteiger partial charge in [0.15, 0.2) is 0 Å². The van der Waals surface area contributed by atoms with Crippen molar-refractivity contribution >= 4 is 10.0 Å². The molecule has 1 aromatic rings. The maximum Gasteiger partial charge on any atom is 0.244 e. The third-order valence-electron chi connectivity index (χ3n) is 3.27. The Kier molecular flexibility index (Phi) is 4.78. The minimum absolute atomic E-state index is 0.140. The second kappa shape index (κ2) is 6.37. The highest BCUT2D eigenvalue weighted by atomic mass is 32.2. The van der Waals surface area contributed by atoms with Gasteiger partial charge in [-0.3, -0.25) is 0 Å². The lowest BCUT2D eigenvalue weighted by molar-refractivity contribution is 0.181. The van der Waals surface area contributed by atoms with Gasteiger partial charge in [0.2, 0.25) is 10.0 Å². The molecule has 1 aromatic carbocycles. The average Bonchev–Trinajstić information content (AvgIpc) is 2.98. The summed E-state index contributed by atoms with van der Waals surface area (Å²) in [5.41, 5.74) is 0.396. The molecule has 1 heterocycles. The van der Waals surface area contributed by atoms with Crippen LogP contribution in [0.5, 0.6) is 0 Å². The average molecular weight is 295 g/mol. The Labute approximate surface area is 119 Å². The van der Waals surface area contributed by atoms with E-state index >= 15 is 0 Å². The predicted molar refractivity (Wildman–Crippen MR) is 74.6 cm³/mol. The molecule has 20 heavy (non-hydrogen) atoms. The van der Waals surface area contributed by atoms with Gasteiger partial charge in [-0.05, 0) is 18.6 Å². The third-order valence-corrected chi connectivity index (χ3v) is 5.23. The predicted octanol–water partition coefficient (Wildman–Crippen LogP) is 0.440. The van der Waals surface area contributed by atoms with Crippen molar-refractivity contribution in [3.05, 3.63) is 29.8 Å². The van der Waals surface area contributed by atoms with E-state index in [1.807, 2.05) is 0 Å². The fourth-order valence-electron chi connectivity index (χ4n) is 2.09. The number of nitrogens with zero attached hydrogens (tertiary/aromatic N) is 1. The molecule has 0 aliphatic carbocycles. The highest BCUT2D eigenvalue weighted by Crippen LogP contribution is 2.23. The maximum atomic E-state index is 12.6. The Balaban J connectivity index is 2.38. The molecule has 1 aliphatic heterocycles. The summed E-state index contributed by atoms with van der Waals surface area (Å²) in [5, 5.41) is 8.75. The van der Waals surface area contributed by atoms with Gasteiger partial charge in [-0.25, -0.2) is 8.42 Å². The lowest BCUT2D eigenvalue weighted by Crippen LogP contribution is -2.37. The first-order valence-electron chi connectivity index (χ1n) is 6.32. The van der Waals surface area contributed by atoms with Crippen LogP contribution < -0.4 is 0 Å². The lowest BCUT2D eigenvalue weighted by atomic mass is 10.2. The molecule has 2 rings (SSSR count). The first-order chi connectivity index (χ1) is 9.57. The van der Waals surface area contributed by atoms with Crippen LogP contribution >= 0.6 is 0 Å². The molecular weight excluding hydrogens is 278 g/mol. The number of hydrogen-bond donors (Lipinski definition) is 1. The summed E-state index contributed by atoms with van der Waals surface area (Å²) >= 11 is 0. The largest absolute Gasteiger partial charge is 0.384 e. The van der Waals surface area contributed by atoms with Crippen LogP contribution in [0.1, 0.15) is 12.0 Å². The summed E-state index contributed by atoms with van der Waals surface area (Å²) in [6.45, 7) is 0.692. The van der Waals surface area contributed by atoms with Crippen molar-refractivity contribution in [3.8, 4) is 11.8 Å². The van der Waals surface area contributed by atoms with Crippen molar-refractivity contribution in [3.63, 3.8) is 0 Å². The van der Waals surface area contributed by atoms with Gasteiger partial charge in [0.05, 0.1) is 17.5 Å². The van der Waals surface area contributed by atoms with E-state index in [4.69, 9.17) is 9.84 Å². The number of aliphatic hydroxyl groups excluding tert-OH is 1. The molecular formula is C14H17NO4S. The summed E-state index contributed by atoms with van der Waals surface area (Å²) in [6.07, 6.45) is 0.695. The molecule has 0 aromatic heterocycles. The second-order valence-electron chi connectivity index (χ2n) is 4.49. The Morgan fingerprint density at radius 1 is 1.45 bits per heavy atom. The zero-order valence-electron chi connectivity index (χ0n) is 11.2. The Morgan fingerprint density at radius 3 is 2.85 bits per heavy atom. The van der Waals surface area contributed by atoms with Crippen LogP contribution in [-0.4, -0.2) is 50.7 Å². The molecule has 1 saturated heterocycles. The molecule has 1 aliphatic rings. The van der Waals surface area contributed by atoms with Crippen LogP contribution in [0, 0.1) is 11.8 Å². The SMILES string of the molecule is CN(C1CCOC1)S(=O)(=O)c1ccccc1C#CCO. The highest BCUT2D eigenvalue weighted by molar-refractivity contribution is 7.89. The van der Waals surface area contributed by atoms with E-state index in [2.05, 4.69) is 11.8 Å². The van der Waals surface area contributed by atoms with Crippen molar-refractivity contribution in [2.45, 2.75) is 17.4 Å². The topological polar surface area (TPSA) is 66.8 Å². The van der Waals surface area contributed by atoms with Gasteiger partial charge < -0.3 is 9.84 Å². The van der Waals surface area contributed by atoms with Gasteiger partial charge in [0.25, 0.3) is 0 Å². The summed E-state index contributed by atoms with van der Waals surface area (Å²) < 4.78 is 31.9. The fraction of sp³-hybridized carbons (Fsp3) is 0.429. The van der Waals surface area contributed by atoms with Crippen LogP contribution in [-0.2, 0) is 14.8 Å². The third kappa shape index (κ3) is 3.02. The van der Waals surface area contributed by atoms with E-state index in [1.165, 1.54) is 10.4 Å². The molecule has 0 bridgehead atoms. The summed E-state index contributed by atoms with van der Waals surface area (Å²) in [4.78, 5) is 0.162. The van der Waals surface area contributed by atoms with Crippen LogP contribution in [0.25, 0.3) is 0 Å². The Morgan fingerprint density at radius 2 is 2.20 bits per heavy atom. The van der Waals surface area contributed by atoms with Crippen molar-refractivity contribution in [1.29, 1.82) is 0 Å². The quantitative estimate of drug-likeness (QED) is 0.822. The van der Waals surface area contributed by atoms with Gasteiger partial charge >= 0.3 is 0 Å². The van der Waals surface area contributed by atoms with Crippen LogP contribution in [0.15, 0.2) is 29.2 Å². The highest BCUT2D eigenvalue weighted by Gasteiger charge is 2.31. The van der Waals surface area contributed by atoms with Crippen LogP contribution in [0.3, 0.4) is 0 Å². The number of rotatable bonds is 3. The number of sulfonamides is 1. The van der Waals surface area contributed by atoms with Crippen molar-refractivity contribution in [1.82, 2.24) is 4.31 Å². The van der Waals surface area contributed by atoms with Crippen LogP contribution in [0.4, 0.5) is 0 Å². The Bertz CT molecular complexity index is 624. The zero-order chi connectivity index (χ0) is 14.6. The van der Waals surface area contributed by atoms with E-state index in [-0.39, 0.29) is 17.5 Å². The number of likely N-dealkylation sites (N-methyl/N-ethyl adjacent to an activating group) is 1. The standard InChI is InChI=1S/C14H17NO4S/c1-15(13-8-10-19-11-13)20(17,18)14-7-3-2-5-12(14)6-4-9-16/h2-3,5,7,13,16H,8-11H2,1H3. The number of benzene rings is 1. The van der Waals surface area contributed by atoms with Gasteiger partial charge in [0, 0.05) is 19.2 Å². The number of hydrogen-bond acceptors (Lipinski definition) is 4. The van der Waals surface area contributed by atoms with Crippen LogP contribution in [0.2, 0.25) is 0 Å². The maximum absolute atomic E-state index is 12.6. The zero-order valence-corrected chi connectivity index (χ0v) is 12.1. The first-order valence-corrected chi connectivity index (χ1v) is 7.76. The lowest BCUT2D eigenvalue weighted by Gasteiger charge is -2.23. The normalized spacial score (nSPS) is 18.9. The van der Waals surface area contributed by atoms with Gasteiger partial charge in [-0.2, -0.15) is 4.31 Å². The van der Waals surface area contributed by atoms with E-state index < -0.39 is 10.0 Å². The molecule has 0 amide bonds. The smallest absolute Gasteiger partial charge is 0.244 e. The molecule has 1 fully saturated rings. The van der Waals surface area contributed by atoms with E-state index in [0.29, 0.717) is 25.2 Å². The molecule has 5 nitrogen and oxygen atoms in total. The summed E-state index contributed by atoms with van der Waals surface area (Å²) in [6, 6.07) is 6.41. The molecule has 0 radical (unpaired) electrons. The number of aliphatic hydroxyl groups is 1. The molecule has 1 N–H and O–H groups in total. The second-order valence-corrected chi connectivity index (χ2v) is 6.46. The Hall–Kier alpha value is -1.39. The van der Waals surface area contributed by atoms with E-state index in [9.17, 15) is 8.42 Å². The molecule has 1 unspecified atom stereocenters. The molecule has 0 spiro atoms. The monoisotopic (exact) mass is 295 g/mol. The minimum atomic E-state index is -3.61. The van der Waals surface area contributed by atoms with Gasteiger partial charge in [0.1, 0.15) is 6.61 Å². The minimum Gasteiger partial charge on any atom is -0.384 e. The van der Waals surface area contributed by atoms with Crippen molar-refractivity contribution < 1.29 is 18.3 Å². The van der Waals surface area contributed by atoms with Crippen molar-refractivity contribution in [2.24, 2.45) is 0 Å². The molecule has 0 saturated carbocycles. The number of ether oxygens (including phenoxy) is 1. The summed E-state index contributed by atoms with van der Waals surface area (Å²) in [5.74, 6) is 5.16. The molecule has 108 valence electrons. The molecule has 1 atom stereocenters. The van der Waals surface area contributed by atoms with Gasteiger partial charge in [-0.1, -0.05) is 24.0 Å². The van der Waals surface area contributed by atoms with E-state index in [0.717, 1.165) is 0 Å². The van der Waals surface area contributed by atoms with Gasteiger partial charge in [-0.15, -0.1) is 0 Å². The summed E-state index contributed by atoms with van der Waals surface area (Å²) in [7, 11) is -2.05. The van der Waals surface area contributed by atoms with E-state index in [1.54, 1.807) is 25.2 Å². The molecule has 6 heteroatoms.